The van der Waals surface area contributed by atoms with E-state index in [4.69, 9.17) is 14.2 Å². The number of nitrogens with one attached hydrogen (secondary N) is 1. The Morgan fingerprint density at radius 1 is 1.11 bits per heavy atom. The molecule has 1 aromatic carbocycles. The van der Waals surface area contributed by atoms with E-state index in [2.05, 4.69) is 5.32 Å². The third-order valence-electron chi connectivity index (χ3n) is 3.46. The SMILES string of the molecule is CCOC(=O)C(Cc1cccc(C#N)c1NC(=O)OC(C)(C)C)C(=O)OCC. The van der Waals surface area contributed by atoms with Crippen LogP contribution in [0.15, 0.2) is 18.2 Å². The summed E-state index contributed by atoms with van der Waals surface area (Å²) >= 11 is 0. The van der Waals surface area contributed by atoms with Crippen LogP contribution in [-0.4, -0.2) is 36.8 Å². The number of nitrogens with zero attached hydrogens (tertiary/aromatic N) is 1. The van der Waals surface area contributed by atoms with Crippen LogP contribution in [0, 0.1) is 17.2 Å². The van der Waals surface area contributed by atoms with Crippen LogP contribution in [0.2, 0.25) is 0 Å². The van der Waals surface area contributed by atoms with Crippen LogP contribution in [-0.2, 0) is 30.2 Å². The van der Waals surface area contributed by atoms with E-state index in [9.17, 15) is 19.6 Å². The summed E-state index contributed by atoms with van der Waals surface area (Å²) in [7, 11) is 0. The van der Waals surface area contributed by atoms with E-state index in [0.29, 0.717) is 5.56 Å². The van der Waals surface area contributed by atoms with Gasteiger partial charge in [-0.3, -0.25) is 14.9 Å². The smallest absolute Gasteiger partial charge is 0.412 e. The Hall–Kier alpha value is -3.08. The summed E-state index contributed by atoms with van der Waals surface area (Å²) in [4.78, 5) is 36.7. The number of nitriles is 1. The summed E-state index contributed by atoms with van der Waals surface area (Å²) in [5.74, 6) is -2.67. The molecule has 0 aliphatic rings. The molecule has 0 atom stereocenters. The van der Waals surface area contributed by atoms with E-state index in [1.165, 1.54) is 6.07 Å². The number of esters is 2. The average Bonchev–Trinajstić information content (AvgIpc) is 2.59. The van der Waals surface area contributed by atoms with E-state index in [1.807, 2.05) is 6.07 Å². The van der Waals surface area contributed by atoms with E-state index in [0.717, 1.165) is 0 Å². The lowest BCUT2D eigenvalue weighted by Gasteiger charge is -2.21. The highest BCUT2D eigenvalue weighted by molar-refractivity contribution is 5.96. The molecule has 152 valence electrons. The highest BCUT2D eigenvalue weighted by atomic mass is 16.6. The second-order valence-electron chi connectivity index (χ2n) is 6.84. The molecule has 0 spiro atoms. The molecule has 0 aliphatic heterocycles. The normalized spacial score (nSPS) is 10.8. The monoisotopic (exact) mass is 390 g/mol. The van der Waals surface area contributed by atoms with Crippen molar-refractivity contribution in [3.8, 4) is 6.07 Å². The minimum absolute atomic E-state index is 0.0989. The number of carbonyl (C=O) groups excluding carboxylic acids is 3. The number of para-hydroxylation sites is 1. The summed E-state index contributed by atoms with van der Waals surface area (Å²) in [5, 5.41) is 11.9. The van der Waals surface area contributed by atoms with Crippen molar-refractivity contribution in [3.05, 3.63) is 29.3 Å². The molecule has 0 heterocycles. The van der Waals surface area contributed by atoms with Crippen LogP contribution in [0.25, 0.3) is 0 Å². The van der Waals surface area contributed by atoms with Crippen molar-refractivity contribution in [1.82, 2.24) is 0 Å². The third kappa shape index (κ3) is 6.91. The molecular formula is C20H26N2O6. The van der Waals surface area contributed by atoms with Crippen LogP contribution >= 0.6 is 0 Å². The Morgan fingerprint density at radius 2 is 1.68 bits per heavy atom. The third-order valence-corrected chi connectivity index (χ3v) is 3.46. The first kappa shape index (κ1) is 23.0. The molecule has 1 amide bonds. The zero-order valence-electron chi connectivity index (χ0n) is 16.8. The average molecular weight is 390 g/mol. The first-order valence-electron chi connectivity index (χ1n) is 8.98. The molecule has 0 unspecified atom stereocenters. The summed E-state index contributed by atoms with van der Waals surface area (Å²) < 4.78 is 15.2. The first-order chi connectivity index (χ1) is 13.1. The van der Waals surface area contributed by atoms with Gasteiger partial charge in [0, 0.05) is 0 Å². The molecule has 28 heavy (non-hydrogen) atoms. The Balaban J connectivity index is 3.23. The fourth-order valence-electron chi connectivity index (χ4n) is 2.39. The number of hydrogen-bond acceptors (Lipinski definition) is 7. The second kappa shape index (κ2) is 10.3. The van der Waals surface area contributed by atoms with Crippen LogP contribution in [0.4, 0.5) is 10.5 Å². The van der Waals surface area contributed by atoms with Gasteiger partial charge in [-0.15, -0.1) is 0 Å². The van der Waals surface area contributed by atoms with Gasteiger partial charge in [0.05, 0.1) is 24.5 Å². The lowest BCUT2D eigenvalue weighted by molar-refractivity contribution is -0.161. The molecule has 1 aromatic rings. The van der Waals surface area contributed by atoms with Crippen molar-refractivity contribution < 1.29 is 28.6 Å². The molecule has 0 aliphatic carbocycles. The van der Waals surface area contributed by atoms with Crippen molar-refractivity contribution in [1.29, 1.82) is 5.26 Å². The van der Waals surface area contributed by atoms with Crippen LogP contribution < -0.4 is 5.32 Å². The minimum Gasteiger partial charge on any atom is -0.465 e. The first-order valence-corrected chi connectivity index (χ1v) is 8.98. The van der Waals surface area contributed by atoms with E-state index >= 15 is 0 Å². The van der Waals surface area contributed by atoms with Crippen molar-refractivity contribution in [2.75, 3.05) is 18.5 Å². The molecule has 0 bridgehead atoms. The van der Waals surface area contributed by atoms with Gasteiger partial charge in [-0.05, 0) is 52.7 Å². The quantitative estimate of drug-likeness (QED) is 0.432. The molecule has 8 heteroatoms. The van der Waals surface area contributed by atoms with Gasteiger partial charge in [0.2, 0.25) is 0 Å². The summed E-state index contributed by atoms with van der Waals surface area (Å²) in [5.41, 5.74) is 0.0354. The van der Waals surface area contributed by atoms with Crippen molar-refractivity contribution in [2.24, 2.45) is 5.92 Å². The fourth-order valence-corrected chi connectivity index (χ4v) is 2.39. The van der Waals surface area contributed by atoms with Gasteiger partial charge in [-0.1, -0.05) is 12.1 Å². The van der Waals surface area contributed by atoms with Crippen LogP contribution in [0.3, 0.4) is 0 Å². The Kier molecular flexibility index (Phi) is 8.45. The maximum absolute atomic E-state index is 12.2. The number of benzene rings is 1. The van der Waals surface area contributed by atoms with Gasteiger partial charge >= 0.3 is 18.0 Å². The molecular weight excluding hydrogens is 364 g/mol. The number of anilines is 1. The maximum atomic E-state index is 12.2. The standard InChI is InChI=1S/C20H26N2O6/c1-6-26-17(23)15(18(24)27-7-2)11-13-9-8-10-14(12-21)16(13)22-19(25)28-20(3,4)5/h8-10,15H,6-7,11H2,1-5H3,(H,22,25). The minimum atomic E-state index is -1.21. The summed E-state index contributed by atoms with van der Waals surface area (Å²) in [6, 6.07) is 6.71. The number of hydrogen-bond donors (Lipinski definition) is 1. The molecule has 0 aromatic heterocycles. The van der Waals surface area contributed by atoms with Gasteiger partial charge in [-0.25, -0.2) is 4.79 Å². The van der Waals surface area contributed by atoms with E-state index in [-0.39, 0.29) is 30.9 Å². The van der Waals surface area contributed by atoms with Gasteiger partial charge in [0.15, 0.2) is 5.92 Å². The number of ether oxygens (including phenoxy) is 3. The zero-order valence-corrected chi connectivity index (χ0v) is 16.8. The van der Waals surface area contributed by atoms with Gasteiger partial charge < -0.3 is 14.2 Å². The molecule has 1 N–H and O–H groups in total. The topological polar surface area (TPSA) is 115 Å². The van der Waals surface area contributed by atoms with Gasteiger partial charge in [-0.2, -0.15) is 5.26 Å². The van der Waals surface area contributed by atoms with Crippen molar-refractivity contribution >= 4 is 23.7 Å². The van der Waals surface area contributed by atoms with E-state index in [1.54, 1.807) is 46.8 Å². The number of carbonyl (C=O) groups is 3. The molecule has 0 fully saturated rings. The Bertz CT molecular complexity index is 743. The van der Waals surface area contributed by atoms with Gasteiger partial charge in [0.1, 0.15) is 11.7 Å². The van der Waals surface area contributed by atoms with Crippen LogP contribution in [0.5, 0.6) is 0 Å². The second-order valence-corrected chi connectivity index (χ2v) is 6.84. The highest BCUT2D eigenvalue weighted by Gasteiger charge is 2.31. The van der Waals surface area contributed by atoms with Crippen LogP contribution in [0.1, 0.15) is 45.7 Å². The maximum Gasteiger partial charge on any atom is 0.412 e. The highest BCUT2D eigenvalue weighted by Crippen LogP contribution is 2.25. The summed E-state index contributed by atoms with van der Waals surface area (Å²) in [6.45, 7) is 8.60. The van der Waals surface area contributed by atoms with Gasteiger partial charge in [0.25, 0.3) is 0 Å². The largest absolute Gasteiger partial charge is 0.465 e. The van der Waals surface area contributed by atoms with Crippen molar-refractivity contribution in [3.63, 3.8) is 0 Å². The molecule has 1 rings (SSSR count). The lowest BCUT2D eigenvalue weighted by atomic mass is 9.96. The Labute approximate surface area is 164 Å². The van der Waals surface area contributed by atoms with E-state index < -0.39 is 29.6 Å². The molecule has 8 nitrogen and oxygen atoms in total. The molecule has 0 saturated heterocycles. The number of amides is 1. The predicted molar refractivity (Wildman–Crippen MR) is 101 cm³/mol. The molecule has 0 radical (unpaired) electrons. The molecule has 0 saturated carbocycles. The zero-order chi connectivity index (χ0) is 21.3. The predicted octanol–water partition coefficient (Wildman–Crippen LogP) is 3.19. The fraction of sp³-hybridized carbons (Fsp3) is 0.500. The summed E-state index contributed by atoms with van der Waals surface area (Å²) in [6.07, 6.45) is -0.849. The Morgan fingerprint density at radius 3 is 2.14 bits per heavy atom. The lowest BCUT2D eigenvalue weighted by Crippen LogP contribution is -2.31. The number of rotatable bonds is 7. The van der Waals surface area contributed by atoms with Crippen molar-refractivity contribution in [2.45, 2.75) is 46.6 Å².